The van der Waals surface area contributed by atoms with Crippen LogP contribution in [0.5, 0.6) is 0 Å². The molecule has 26 heavy (non-hydrogen) atoms. The van der Waals surface area contributed by atoms with Crippen molar-refractivity contribution in [2.75, 3.05) is 7.05 Å². The molecule has 3 aromatic rings. The zero-order valence-electron chi connectivity index (χ0n) is 14.4. The summed E-state index contributed by atoms with van der Waals surface area (Å²) in [5.74, 6) is -0.0206. The highest BCUT2D eigenvalue weighted by Crippen LogP contribution is 2.20. The molecule has 0 fully saturated rings. The van der Waals surface area contributed by atoms with Gasteiger partial charge >= 0.3 is 0 Å². The van der Waals surface area contributed by atoms with Crippen LogP contribution in [-0.4, -0.2) is 29.9 Å². The zero-order valence-corrected chi connectivity index (χ0v) is 15.2. The molecule has 0 spiro atoms. The summed E-state index contributed by atoms with van der Waals surface area (Å²) in [5.41, 5.74) is 2.33. The molecule has 8 heteroatoms. The molecule has 0 aliphatic carbocycles. The van der Waals surface area contributed by atoms with Crippen LogP contribution >= 0.6 is 0 Å². The molecule has 0 amide bonds. The number of halogens is 1. The molecule has 1 aromatic heterocycles. The van der Waals surface area contributed by atoms with E-state index in [0.717, 1.165) is 15.4 Å². The predicted molar refractivity (Wildman–Crippen MR) is 95.0 cm³/mol. The number of benzene rings is 2. The van der Waals surface area contributed by atoms with Gasteiger partial charge in [-0.1, -0.05) is 41.6 Å². The molecule has 0 aliphatic rings. The molecule has 0 N–H and O–H groups in total. The van der Waals surface area contributed by atoms with Gasteiger partial charge in [-0.05, 0) is 30.2 Å². The van der Waals surface area contributed by atoms with Gasteiger partial charge in [0.1, 0.15) is 5.82 Å². The third-order valence-corrected chi connectivity index (χ3v) is 5.73. The third-order valence-electron chi connectivity index (χ3n) is 3.95. The lowest BCUT2D eigenvalue weighted by Crippen LogP contribution is -2.27. The highest BCUT2D eigenvalue weighted by molar-refractivity contribution is 7.88. The Bertz CT molecular complexity index is 1000. The molecular formula is C18H18FN3O3S. The second kappa shape index (κ2) is 7.35. The first-order valence-electron chi connectivity index (χ1n) is 7.92. The van der Waals surface area contributed by atoms with Crippen LogP contribution in [0, 0.1) is 12.7 Å². The van der Waals surface area contributed by atoms with Gasteiger partial charge in [0.2, 0.25) is 21.7 Å². The van der Waals surface area contributed by atoms with Crippen molar-refractivity contribution in [2.45, 2.75) is 19.2 Å². The van der Waals surface area contributed by atoms with Gasteiger partial charge in [-0.3, -0.25) is 0 Å². The minimum atomic E-state index is -3.60. The van der Waals surface area contributed by atoms with E-state index >= 15 is 0 Å². The van der Waals surface area contributed by atoms with Crippen LogP contribution < -0.4 is 0 Å². The van der Waals surface area contributed by atoms with E-state index in [-0.39, 0.29) is 18.2 Å². The van der Waals surface area contributed by atoms with Crippen LogP contribution in [0.1, 0.15) is 17.0 Å². The smallest absolute Gasteiger partial charge is 0.242 e. The van der Waals surface area contributed by atoms with Crippen molar-refractivity contribution in [1.29, 1.82) is 0 Å². The molecule has 136 valence electrons. The summed E-state index contributed by atoms with van der Waals surface area (Å²) in [5, 5.41) is 3.93. The summed E-state index contributed by atoms with van der Waals surface area (Å²) in [6, 6.07) is 13.0. The van der Waals surface area contributed by atoms with E-state index in [1.165, 1.54) is 31.3 Å². The SMILES string of the molecule is Cc1ccccc1-c1noc(CN(C)S(=O)(=O)Cc2ccc(F)cc2)n1. The van der Waals surface area contributed by atoms with Gasteiger partial charge in [-0.25, -0.2) is 12.8 Å². The Kier molecular flexibility index (Phi) is 5.15. The highest BCUT2D eigenvalue weighted by atomic mass is 32.2. The lowest BCUT2D eigenvalue weighted by Gasteiger charge is -2.15. The molecule has 3 rings (SSSR count). The summed E-state index contributed by atoms with van der Waals surface area (Å²) in [6.45, 7) is 1.90. The van der Waals surface area contributed by atoms with Gasteiger partial charge in [-0.2, -0.15) is 9.29 Å². The third kappa shape index (κ3) is 4.14. The van der Waals surface area contributed by atoms with Crippen molar-refractivity contribution in [3.63, 3.8) is 0 Å². The Morgan fingerprint density at radius 1 is 1.12 bits per heavy atom. The van der Waals surface area contributed by atoms with Crippen LogP contribution in [0.2, 0.25) is 0 Å². The van der Waals surface area contributed by atoms with E-state index in [2.05, 4.69) is 10.1 Å². The number of aromatic nitrogens is 2. The Hall–Kier alpha value is -2.58. The molecule has 1 heterocycles. The maximum atomic E-state index is 12.9. The fraction of sp³-hybridized carbons (Fsp3) is 0.222. The predicted octanol–water partition coefficient (Wildman–Crippen LogP) is 3.15. The Labute approximate surface area is 151 Å². The monoisotopic (exact) mass is 375 g/mol. The quantitative estimate of drug-likeness (QED) is 0.661. The van der Waals surface area contributed by atoms with Gasteiger partial charge in [0.25, 0.3) is 0 Å². The van der Waals surface area contributed by atoms with Crippen LogP contribution in [0.15, 0.2) is 53.1 Å². The zero-order chi connectivity index (χ0) is 18.7. The van der Waals surface area contributed by atoms with Gasteiger partial charge in [0, 0.05) is 12.6 Å². The van der Waals surface area contributed by atoms with E-state index in [1.807, 2.05) is 31.2 Å². The van der Waals surface area contributed by atoms with Gasteiger partial charge in [-0.15, -0.1) is 0 Å². The number of nitrogens with zero attached hydrogens (tertiary/aromatic N) is 3. The number of hydrogen-bond donors (Lipinski definition) is 0. The number of rotatable bonds is 6. The van der Waals surface area contributed by atoms with Crippen LogP contribution in [-0.2, 0) is 22.3 Å². The maximum absolute atomic E-state index is 12.9. The average Bonchev–Trinajstić information content (AvgIpc) is 3.05. The minimum Gasteiger partial charge on any atom is -0.338 e. The van der Waals surface area contributed by atoms with Crippen LogP contribution in [0.25, 0.3) is 11.4 Å². The van der Waals surface area contributed by atoms with Crippen molar-refractivity contribution in [2.24, 2.45) is 0 Å². The van der Waals surface area contributed by atoms with E-state index in [4.69, 9.17) is 4.52 Å². The molecule has 0 unspecified atom stereocenters. The summed E-state index contributed by atoms with van der Waals surface area (Å²) in [4.78, 5) is 4.28. The molecule has 0 saturated carbocycles. The first-order chi connectivity index (χ1) is 12.3. The summed E-state index contributed by atoms with van der Waals surface area (Å²) in [7, 11) is -2.16. The first-order valence-corrected chi connectivity index (χ1v) is 9.53. The summed E-state index contributed by atoms with van der Waals surface area (Å²) >= 11 is 0. The highest BCUT2D eigenvalue weighted by Gasteiger charge is 2.22. The molecule has 0 aliphatic heterocycles. The fourth-order valence-electron chi connectivity index (χ4n) is 2.44. The molecule has 0 bridgehead atoms. The van der Waals surface area contributed by atoms with Gasteiger partial charge in [0.05, 0.1) is 12.3 Å². The second-order valence-electron chi connectivity index (χ2n) is 5.97. The average molecular weight is 375 g/mol. The summed E-state index contributed by atoms with van der Waals surface area (Å²) in [6.07, 6.45) is 0. The Morgan fingerprint density at radius 2 is 1.81 bits per heavy atom. The minimum absolute atomic E-state index is 0.0393. The van der Waals surface area contributed by atoms with Crippen molar-refractivity contribution in [1.82, 2.24) is 14.4 Å². The largest absolute Gasteiger partial charge is 0.338 e. The van der Waals surface area contributed by atoms with Crippen LogP contribution in [0.4, 0.5) is 4.39 Å². The number of sulfonamides is 1. The first kappa shape index (κ1) is 18.2. The van der Waals surface area contributed by atoms with Crippen molar-refractivity contribution < 1.29 is 17.3 Å². The van der Waals surface area contributed by atoms with E-state index in [9.17, 15) is 12.8 Å². The van der Waals surface area contributed by atoms with E-state index in [0.29, 0.717) is 11.4 Å². The Balaban J connectivity index is 1.72. The molecular weight excluding hydrogens is 357 g/mol. The molecule has 0 atom stereocenters. The van der Waals surface area contributed by atoms with E-state index < -0.39 is 15.8 Å². The molecule has 2 aromatic carbocycles. The maximum Gasteiger partial charge on any atom is 0.242 e. The standard InChI is InChI=1S/C18H18FN3O3S/c1-13-5-3-4-6-16(13)18-20-17(25-21-18)11-22(2)26(23,24)12-14-7-9-15(19)10-8-14/h3-10H,11-12H2,1-2H3. The van der Waals surface area contributed by atoms with Crippen molar-refractivity contribution >= 4 is 10.0 Å². The number of hydrogen-bond acceptors (Lipinski definition) is 5. The normalized spacial score (nSPS) is 11.8. The lowest BCUT2D eigenvalue weighted by atomic mass is 10.1. The summed E-state index contributed by atoms with van der Waals surface area (Å²) < 4.78 is 44.2. The molecule has 0 radical (unpaired) electrons. The Morgan fingerprint density at radius 3 is 2.50 bits per heavy atom. The van der Waals surface area contributed by atoms with Crippen molar-refractivity contribution in [3.8, 4) is 11.4 Å². The fourth-order valence-corrected chi connectivity index (χ4v) is 3.58. The van der Waals surface area contributed by atoms with Gasteiger partial charge < -0.3 is 4.52 Å². The lowest BCUT2D eigenvalue weighted by molar-refractivity contribution is 0.336. The van der Waals surface area contributed by atoms with Gasteiger partial charge in [0.15, 0.2) is 0 Å². The van der Waals surface area contributed by atoms with Crippen LogP contribution in [0.3, 0.4) is 0 Å². The van der Waals surface area contributed by atoms with E-state index in [1.54, 1.807) is 0 Å². The second-order valence-corrected chi connectivity index (χ2v) is 8.04. The number of aryl methyl sites for hydroxylation is 1. The van der Waals surface area contributed by atoms with Crippen molar-refractivity contribution in [3.05, 3.63) is 71.4 Å². The molecule has 6 nitrogen and oxygen atoms in total. The molecule has 0 saturated heterocycles. The topological polar surface area (TPSA) is 76.3 Å².